The van der Waals surface area contributed by atoms with Crippen LogP contribution in [0.3, 0.4) is 0 Å². The first-order valence-corrected chi connectivity index (χ1v) is 7.68. The maximum atomic E-state index is 11.8. The molecule has 19 heavy (non-hydrogen) atoms. The number of carbonyl (C=O) groups excluding carboxylic acids is 1. The molecule has 7 heteroatoms. The Hall–Kier alpha value is -0.620. The van der Waals surface area contributed by atoms with Gasteiger partial charge in [-0.05, 0) is 24.3 Å². The lowest BCUT2D eigenvalue weighted by Crippen LogP contribution is -2.25. The summed E-state index contributed by atoms with van der Waals surface area (Å²) in [5, 5.41) is 11.9. The lowest BCUT2D eigenvalue weighted by Gasteiger charge is -2.07. The number of hydrogen-bond donors (Lipinski definition) is 3. The second kappa shape index (κ2) is 8.53. The van der Waals surface area contributed by atoms with Crippen molar-refractivity contribution in [3.8, 4) is 0 Å². The second-order valence-electron chi connectivity index (χ2n) is 3.80. The highest BCUT2D eigenvalue weighted by Gasteiger charge is 2.10. The van der Waals surface area contributed by atoms with Crippen molar-refractivity contribution in [3.05, 3.63) is 27.7 Å². The number of nitrogen functional groups attached to an aromatic ring is 1. The minimum atomic E-state index is -0.230. The molecule has 0 aliphatic rings. The van der Waals surface area contributed by atoms with Crippen molar-refractivity contribution in [2.24, 2.45) is 0 Å². The molecule has 0 aromatic heterocycles. The molecule has 0 heterocycles. The van der Waals surface area contributed by atoms with Gasteiger partial charge in [-0.2, -0.15) is 11.8 Å². The first-order chi connectivity index (χ1) is 9.06. The summed E-state index contributed by atoms with van der Waals surface area (Å²) >= 11 is 13.4. The smallest absolute Gasteiger partial charge is 0.251 e. The molecule has 0 fully saturated rings. The Morgan fingerprint density at radius 3 is 2.53 bits per heavy atom. The molecule has 0 bridgehead atoms. The molecule has 0 spiro atoms. The summed E-state index contributed by atoms with van der Waals surface area (Å²) in [6.45, 7) is 0.746. The molecule has 0 radical (unpaired) electrons. The fraction of sp³-hybridized carbons (Fsp3) is 0.417. The van der Waals surface area contributed by atoms with Crippen LogP contribution in [0.5, 0.6) is 0 Å². The standard InChI is InChI=1S/C12H16Cl2N2O2S/c13-9-6-8(7-10(14)11(9)15)12(18)16-2-5-19-4-1-3-17/h6-7,17H,1-5,15H2,(H,16,18). The van der Waals surface area contributed by atoms with Gasteiger partial charge in [0.1, 0.15) is 0 Å². The molecule has 1 rings (SSSR count). The Kier molecular flexibility index (Phi) is 7.38. The first kappa shape index (κ1) is 16.4. The first-order valence-electron chi connectivity index (χ1n) is 5.77. The summed E-state index contributed by atoms with van der Waals surface area (Å²) in [7, 11) is 0. The van der Waals surface area contributed by atoms with Gasteiger partial charge in [0.15, 0.2) is 0 Å². The topological polar surface area (TPSA) is 75.4 Å². The van der Waals surface area contributed by atoms with E-state index in [1.54, 1.807) is 11.8 Å². The minimum Gasteiger partial charge on any atom is -0.396 e. The van der Waals surface area contributed by atoms with E-state index < -0.39 is 0 Å². The zero-order chi connectivity index (χ0) is 14.3. The molecule has 4 nitrogen and oxygen atoms in total. The third-order valence-corrected chi connectivity index (χ3v) is 4.02. The minimum absolute atomic E-state index is 0.196. The van der Waals surface area contributed by atoms with Crippen LogP contribution in [-0.2, 0) is 0 Å². The van der Waals surface area contributed by atoms with Crippen LogP contribution in [0.2, 0.25) is 10.0 Å². The van der Waals surface area contributed by atoms with E-state index in [1.165, 1.54) is 12.1 Å². The van der Waals surface area contributed by atoms with Gasteiger partial charge in [0.2, 0.25) is 0 Å². The van der Waals surface area contributed by atoms with Crippen molar-refractivity contribution in [1.29, 1.82) is 0 Å². The molecule has 1 aromatic rings. The molecule has 1 aromatic carbocycles. The molecule has 4 N–H and O–H groups in total. The van der Waals surface area contributed by atoms with Crippen LogP contribution in [0.1, 0.15) is 16.8 Å². The molecular weight excluding hydrogens is 307 g/mol. The average Bonchev–Trinajstić information content (AvgIpc) is 2.39. The maximum Gasteiger partial charge on any atom is 0.251 e. The fourth-order valence-electron chi connectivity index (χ4n) is 1.32. The molecule has 0 aliphatic carbocycles. The van der Waals surface area contributed by atoms with Gasteiger partial charge >= 0.3 is 0 Å². The number of halogens is 2. The van der Waals surface area contributed by atoms with Gasteiger partial charge in [0.25, 0.3) is 5.91 Å². The van der Waals surface area contributed by atoms with Crippen molar-refractivity contribution >= 4 is 46.6 Å². The van der Waals surface area contributed by atoms with E-state index >= 15 is 0 Å². The predicted octanol–water partition coefficient (Wildman–Crippen LogP) is 2.42. The van der Waals surface area contributed by atoms with Crippen molar-refractivity contribution in [1.82, 2.24) is 5.32 Å². The Labute approximate surface area is 126 Å². The molecule has 0 aliphatic heterocycles. The fourth-order valence-corrected chi connectivity index (χ4v) is 2.59. The molecule has 0 atom stereocenters. The summed E-state index contributed by atoms with van der Waals surface area (Å²) in [5.74, 6) is 1.44. The normalized spacial score (nSPS) is 10.5. The van der Waals surface area contributed by atoms with E-state index in [-0.39, 0.29) is 28.2 Å². The SMILES string of the molecule is Nc1c(Cl)cc(C(=O)NCCSCCCO)cc1Cl. The molecule has 0 saturated heterocycles. The van der Waals surface area contributed by atoms with E-state index in [0.29, 0.717) is 12.1 Å². The average molecular weight is 323 g/mol. The van der Waals surface area contributed by atoms with Gasteiger partial charge in [-0.3, -0.25) is 4.79 Å². The number of aliphatic hydroxyl groups is 1. The van der Waals surface area contributed by atoms with Gasteiger partial charge < -0.3 is 16.2 Å². The van der Waals surface area contributed by atoms with E-state index in [4.69, 9.17) is 34.0 Å². The van der Waals surface area contributed by atoms with Gasteiger partial charge in [0, 0.05) is 24.5 Å². The van der Waals surface area contributed by atoms with Crippen LogP contribution in [-0.4, -0.2) is 35.7 Å². The van der Waals surface area contributed by atoms with E-state index in [0.717, 1.165) is 17.9 Å². The van der Waals surface area contributed by atoms with Crippen LogP contribution in [0.25, 0.3) is 0 Å². The summed E-state index contributed by atoms with van der Waals surface area (Å²) in [5.41, 5.74) is 6.27. The van der Waals surface area contributed by atoms with E-state index in [1.807, 2.05) is 0 Å². The van der Waals surface area contributed by atoms with Crippen LogP contribution >= 0.6 is 35.0 Å². The van der Waals surface area contributed by atoms with Crippen molar-refractivity contribution in [2.45, 2.75) is 6.42 Å². The molecule has 106 valence electrons. The van der Waals surface area contributed by atoms with Gasteiger partial charge in [-0.15, -0.1) is 0 Å². The number of anilines is 1. The summed E-state index contributed by atoms with van der Waals surface area (Å²) in [6.07, 6.45) is 0.766. The maximum absolute atomic E-state index is 11.8. The van der Waals surface area contributed by atoms with Crippen LogP contribution in [0, 0.1) is 0 Å². The number of nitrogens with one attached hydrogen (secondary N) is 1. The number of amides is 1. The molecular formula is C12H16Cl2N2O2S. The van der Waals surface area contributed by atoms with Crippen LogP contribution in [0.15, 0.2) is 12.1 Å². The zero-order valence-electron chi connectivity index (χ0n) is 10.3. The van der Waals surface area contributed by atoms with Gasteiger partial charge in [0.05, 0.1) is 15.7 Å². The Morgan fingerprint density at radius 1 is 1.32 bits per heavy atom. The Morgan fingerprint density at radius 2 is 1.95 bits per heavy atom. The number of hydrogen-bond acceptors (Lipinski definition) is 4. The zero-order valence-corrected chi connectivity index (χ0v) is 12.6. The number of carbonyl (C=O) groups is 1. The number of thioether (sulfide) groups is 1. The summed E-state index contributed by atoms with van der Waals surface area (Å²) < 4.78 is 0. The monoisotopic (exact) mass is 322 g/mol. The number of aliphatic hydroxyl groups excluding tert-OH is 1. The third-order valence-electron chi connectivity index (χ3n) is 2.32. The highest BCUT2D eigenvalue weighted by Crippen LogP contribution is 2.28. The highest BCUT2D eigenvalue weighted by molar-refractivity contribution is 7.99. The lowest BCUT2D eigenvalue weighted by molar-refractivity contribution is 0.0956. The van der Waals surface area contributed by atoms with Crippen molar-refractivity contribution in [2.75, 3.05) is 30.4 Å². The van der Waals surface area contributed by atoms with E-state index in [2.05, 4.69) is 5.32 Å². The van der Waals surface area contributed by atoms with Crippen LogP contribution < -0.4 is 11.1 Å². The summed E-state index contributed by atoms with van der Waals surface area (Å²) in [6, 6.07) is 2.99. The van der Waals surface area contributed by atoms with E-state index in [9.17, 15) is 4.79 Å². The number of rotatable bonds is 7. The predicted molar refractivity (Wildman–Crippen MR) is 82.2 cm³/mol. The Bertz CT molecular complexity index is 421. The molecule has 0 unspecified atom stereocenters. The van der Waals surface area contributed by atoms with Gasteiger partial charge in [-0.1, -0.05) is 23.2 Å². The van der Waals surface area contributed by atoms with Crippen LogP contribution in [0.4, 0.5) is 5.69 Å². The lowest BCUT2D eigenvalue weighted by atomic mass is 10.2. The summed E-state index contributed by atoms with van der Waals surface area (Å²) in [4.78, 5) is 11.8. The Balaban J connectivity index is 2.42. The number of benzene rings is 1. The molecule has 1 amide bonds. The highest BCUT2D eigenvalue weighted by atomic mass is 35.5. The largest absolute Gasteiger partial charge is 0.396 e. The molecule has 0 saturated carbocycles. The second-order valence-corrected chi connectivity index (χ2v) is 5.84. The quantitative estimate of drug-likeness (QED) is 0.532. The van der Waals surface area contributed by atoms with Crippen molar-refractivity contribution in [3.63, 3.8) is 0 Å². The number of nitrogens with two attached hydrogens (primary N) is 1. The van der Waals surface area contributed by atoms with Crippen molar-refractivity contribution < 1.29 is 9.90 Å². The third kappa shape index (κ3) is 5.48. The van der Waals surface area contributed by atoms with Gasteiger partial charge in [-0.25, -0.2) is 0 Å².